The fraction of sp³-hybridized carbons (Fsp3) is 0.333. The monoisotopic (exact) mass is 429 g/mol. The van der Waals surface area contributed by atoms with Gasteiger partial charge in [-0.05, 0) is 35.2 Å². The Morgan fingerprint density at radius 2 is 1.50 bits per heavy atom. The van der Waals surface area contributed by atoms with Crippen molar-refractivity contribution in [2.75, 3.05) is 32.7 Å². The molecule has 1 N–H and O–H groups in total. The van der Waals surface area contributed by atoms with Gasteiger partial charge in [0.05, 0.1) is 12.6 Å². The molecule has 1 aliphatic heterocycles. The van der Waals surface area contributed by atoms with Crippen molar-refractivity contribution < 1.29 is 9.59 Å². The summed E-state index contributed by atoms with van der Waals surface area (Å²) in [6.45, 7) is 6.35. The number of hydrogen-bond acceptors (Lipinski definition) is 4. The van der Waals surface area contributed by atoms with Crippen LogP contribution in [-0.4, -0.2) is 60.3 Å². The van der Waals surface area contributed by atoms with E-state index in [2.05, 4.69) is 57.6 Å². The van der Waals surface area contributed by atoms with Crippen LogP contribution in [0.4, 0.5) is 0 Å². The first-order valence-electron chi connectivity index (χ1n) is 11.3. The third kappa shape index (κ3) is 5.81. The molecule has 4 rings (SSSR count). The van der Waals surface area contributed by atoms with Crippen LogP contribution >= 0.6 is 0 Å². The standard InChI is InChI=1S/C27H31N3O2/c1-21(31)26(18-22-8-3-2-4-9-22)28-27(32)20-30-16-14-29(15-17-30)19-24-12-7-11-23-10-5-6-13-25(23)24/h2-13,26H,14-20H2,1H3,(H,28,32). The average molecular weight is 430 g/mol. The van der Waals surface area contributed by atoms with Crippen LogP contribution in [0.15, 0.2) is 72.8 Å². The van der Waals surface area contributed by atoms with Crippen LogP contribution in [0.3, 0.4) is 0 Å². The summed E-state index contributed by atoms with van der Waals surface area (Å²) in [5, 5.41) is 5.52. The summed E-state index contributed by atoms with van der Waals surface area (Å²) in [5.41, 5.74) is 2.40. The molecule has 1 aliphatic rings. The lowest BCUT2D eigenvalue weighted by Crippen LogP contribution is -2.51. The van der Waals surface area contributed by atoms with E-state index in [0.29, 0.717) is 13.0 Å². The lowest BCUT2D eigenvalue weighted by Gasteiger charge is -2.34. The second-order valence-corrected chi connectivity index (χ2v) is 8.61. The Morgan fingerprint density at radius 3 is 2.25 bits per heavy atom. The van der Waals surface area contributed by atoms with E-state index in [9.17, 15) is 9.59 Å². The Labute approximate surface area is 190 Å². The lowest BCUT2D eigenvalue weighted by molar-refractivity contribution is -0.127. The predicted octanol–water partition coefficient (Wildman–Crippen LogP) is 3.27. The first-order chi connectivity index (χ1) is 15.6. The number of nitrogens with zero attached hydrogens (tertiary/aromatic N) is 2. The summed E-state index contributed by atoms with van der Waals surface area (Å²) in [4.78, 5) is 29.3. The average Bonchev–Trinajstić information content (AvgIpc) is 2.81. The van der Waals surface area contributed by atoms with Gasteiger partial charge in [-0.3, -0.25) is 19.4 Å². The number of hydrogen-bond donors (Lipinski definition) is 1. The highest BCUT2D eigenvalue weighted by Crippen LogP contribution is 2.20. The van der Waals surface area contributed by atoms with E-state index in [1.807, 2.05) is 30.3 Å². The van der Waals surface area contributed by atoms with Crippen LogP contribution in [0.2, 0.25) is 0 Å². The normalized spacial score (nSPS) is 16.0. The van der Waals surface area contributed by atoms with Crippen molar-refractivity contribution in [2.45, 2.75) is 25.9 Å². The van der Waals surface area contributed by atoms with Gasteiger partial charge in [-0.1, -0.05) is 72.8 Å². The van der Waals surface area contributed by atoms with E-state index in [-0.39, 0.29) is 11.7 Å². The van der Waals surface area contributed by atoms with Gasteiger partial charge in [0.15, 0.2) is 5.78 Å². The number of piperazine rings is 1. The molecule has 0 bridgehead atoms. The summed E-state index contributed by atoms with van der Waals surface area (Å²) < 4.78 is 0. The minimum Gasteiger partial charge on any atom is -0.345 e. The second-order valence-electron chi connectivity index (χ2n) is 8.61. The minimum absolute atomic E-state index is 0.0119. The molecule has 0 aromatic heterocycles. The number of amides is 1. The zero-order valence-corrected chi connectivity index (χ0v) is 18.7. The third-order valence-corrected chi connectivity index (χ3v) is 6.21. The molecule has 1 amide bonds. The highest BCUT2D eigenvalue weighted by molar-refractivity contribution is 5.88. The van der Waals surface area contributed by atoms with Gasteiger partial charge in [0, 0.05) is 32.7 Å². The van der Waals surface area contributed by atoms with Crippen LogP contribution in [0.1, 0.15) is 18.1 Å². The molecular formula is C27H31N3O2. The zero-order chi connectivity index (χ0) is 22.3. The first-order valence-corrected chi connectivity index (χ1v) is 11.3. The molecule has 3 aromatic rings. The number of carbonyl (C=O) groups excluding carboxylic acids is 2. The molecular weight excluding hydrogens is 398 g/mol. The number of rotatable bonds is 8. The molecule has 0 saturated carbocycles. The van der Waals surface area contributed by atoms with E-state index >= 15 is 0 Å². The summed E-state index contributed by atoms with van der Waals surface area (Å²) in [6, 6.07) is 24.3. The van der Waals surface area contributed by atoms with Crippen molar-refractivity contribution in [1.29, 1.82) is 0 Å². The maximum absolute atomic E-state index is 12.6. The first kappa shape index (κ1) is 22.2. The van der Waals surface area contributed by atoms with E-state index < -0.39 is 6.04 Å². The Morgan fingerprint density at radius 1 is 0.844 bits per heavy atom. The molecule has 1 fully saturated rings. The Bertz CT molecular complexity index is 1050. The van der Waals surface area contributed by atoms with Gasteiger partial charge < -0.3 is 5.32 Å². The van der Waals surface area contributed by atoms with Gasteiger partial charge in [0.2, 0.25) is 5.91 Å². The molecule has 0 radical (unpaired) electrons. The fourth-order valence-electron chi connectivity index (χ4n) is 4.37. The predicted molar refractivity (Wildman–Crippen MR) is 128 cm³/mol. The maximum atomic E-state index is 12.6. The smallest absolute Gasteiger partial charge is 0.234 e. The van der Waals surface area contributed by atoms with Gasteiger partial charge >= 0.3 is 0 Å². The number of benzene rings is 3. The molecule has 3 aromatic carbocycles. The van der Waals surface area contributed by atoms with Crippen LogP contribution < -0.4 is 5.32 Å². The van der Waals surface area contributed by atoms with Crippen molar-refractivity contribution >= 4 is 22.5 Å². The van der Waals surface area contributed by atoms with E-state index in [1.165, 1.54) is 16.3 Å². The van der Waals surface area contributed by atoms with Gasteiger partial charge in [-0.15, -0.1) is 0 Å². The molecule has 1 saturated heterocycles. The van der Waals surface area contributed by atoms with Gasteiger partial charge in [-0.2, -0.15) is 0 Å². The van der Waals surface area contributed by atoms with E-state index in [4.69, 9.17) is 0 Å². The largest absolute Gasteiger partial charge is 0.345 e. The Balaban J connectivity index is 1.27. The van der Waals surface area contributed by atoms with Crippen LogP contribution in [0, 0.1) is 0 Å². The molecule has 1 atom stereocenters. The van der Waals surface area contributed by atoms with Crippen molar-refractivity contribution in [2.24, 2.45) is 0 Å². The topological polar surface area (TPSA) is 52.7 Å². The number of carbonyl (C=O) groups is 2. The number of Topliss-reactive ketones (excluding diaryl/α,β-unsaturated/α-hetero) is 1. The van der Waals surface area contributed by atoms with E-state index in [0.717, 1.165) is 38.3 Å². The van der Waals surface area contributed by atoms with Crippen molar-refractivity contribution in [1.82, 2.24) is 15.1 Å². The summed E-state index contributed by atoms with van der Waals surface area (Å²) >= 11 is 0. The molecule has 1 unspecified atom stereocenters. The van der Waals surface area contributed by atoms with Crippen molar-refractivity contribution in [3.8, 4) is 0 Å². The molecule has 1 heterocycles. The third-order valence-electron chi connectivity index (χ3n) is 6.21. The quantitative estimate of drug-likeness (QED) is 0.597. The summed E-state index contributed by atoms with van der Waals surface area (Å²) in [5.74, 6) is -0.0919. The van der Waals surface area contributed by atoms with Crippen LogP contribution in [-0.2, 0) is 22.6 Å². The summed E-state index contributed by atoms with van der Waals surface area (Å²) in [7, 11) is 0. The minimum atomic E-state index is -0.474. The van der Waals surface area contributed by atoms with E-state index in [1.54, 1.807) is 6.92 Å². The molecule has 32 heavy (non-hydrogen) atoms. The molecule has 5 nitrogen and oxygen atoms in total. The highest BCUT2D eigenvalue weighted by atomic mass is 16.2. The van der Waals surface area contributed by atoms with Crippen molar-refractivity contribution in [3.63, 3.8) is 0 Å². The Kier molecular flexibility index (Phi) is 7.30. The molecule has 0 aliphatic carbocycles. The maximum Gasteiger partial charge on any atom is 0.234 e. The lowest BCUT2D eigenvalue weighted by atomic mass is 10.0. The molecule has 166 valence electrons. The van der Waals surface area contributed by atoms with Crippen molar-refractivity contribution in [3.05, 3.63) is 83.9 Å². The number of ketones is 1. The summed E-state index contributed by atoms with van der Waals surface area (Å²) in [6.07, 6.45) is 0.528. The fourth-order valence-corrected chi connectivity index (χ4v) is 4.37. The molecule has 0 spiro atoms. The second kappa shape index (κ2) is 10.5. The van der Waals surface area contributed by atoms with Gasteiger partial charge in [-0.25, -0.2) is 0 Å². The molecule has 5 heteroatoms. The number of fused-ring (bicyclic) bond motifs is 1. The Hall–Kier alpha value is -3.02. The zero-order valence-electron chi connectivity index (χ0n) is 18.7. The highest BCUT2D eigenvalue weighted by Gasteiger charge is 2.22. The van der Waals surface area contributed by atoms with Gasteiger partial charge in [0.25, 0.3) is 0 Å². The van der Waals surface area contributed by atoms with Crippen LogP contribution in [0.5, 0.6) is 0 Å². The number of nitrogens with one attached hydrogen (secondary N) is 1. The SMILES string of the molecule is CC(=O)C(Cc1ccccc1)NC(=O)CN1CCN(Cc2cccc3ccccc23)CC1. The van der Waals surface area contributed by atoms with Crippen LogP contribution in [0.25, 0.3) is 10.8 Å². The van der Waals surface area contributed by atoms with Gasteiger partial charge in [0.1, 0.15) is 0 Å².